The smallest absolute Gasteiger partial charge is 0.186 e. The molecule has 1 aliphatic rings. The van der Waals surface area contributed by atoms with Crippen LogP contribution in [-0.2, 0) is 4.74 Å². The van der Waals surface area contributed by atoms with E-state index in [-0.39, 0.29) is 11.7 Å². The number of aryl methyl sites for hydroxylation is 1. The van der Waals surface area contributed by atoms with Crippen molar-refractivity contribution in [1.82, 2.24) is 9.97 Å². The Hall–Kier alpha value is -1.23. The molecular weight excluding hydrogens is 197 g/mol. The van der Waals surface area contributed by atoms with Gasteiger partial charge in [0.1, 0.15) is 5.82 Å². The second kappa shape index (κ2) is 4.10. The van der Waals surface area contributed by atoms with E-state index in [9.17, 15) is 4.39 Å². The summed E-state index contributed by atoms with van der Waals surface area (Å²) in [7, 11) is 0. The Labute approximate surface area is 87.7 Å². The van der Waals surface area contributed by atoms with Crippen LogP contribution in [-0.4, -0.2) is 23.2 Å². The standard InChI is InChI=1S/C10H14FN3O/c1-6-8(11)9(12)14-10(13-6)7-2-4-15-5-3-7/h7H,2-5H2,1H3,(H2,12,13,14). The van der Waals surface area contributed by atoms with Gasteiger partial charge < -0.3 is 10.5 Å². The fourth-order valence-corrected chi connectivity index (χ4v) is 1.74. The van der Waals surface area contributed by atoms with Gasteiger partial charge in [-0.3, -0.25) is 0 Å². The van der Waals surface area contributed by atoms with Crippen LogP contribution in [0.25, 0.3) is 0 Å². The van der Waals surface area contributed by atoms with Gasteiger partial charge in [-0.25, -0.2) is 14.4 Å². The van der Waals surface area contributed by atoms with Gasteiger partial charge in [0.05, 0.1) is 5.69 Å². The Morgan fingerprint density at radius 3 is 2.60 bits per heavy atom. The van der Waals surface area contributed by atoms with Crippen molar-refractivity contribution < 1.29 is 9.13 Å². The van der Waals surface area contributed by atoms with Gasteiger partial charge in [-0.1, -0.05) is 0 Å². The van der Waals surface area contributed by atoms with E-state index in [1.54, 1.807) is 6.92 Å². The summed E-state index contributed by atoms with van der Waals surface area (Å²) in [6.07, 6.45) is 1.76. The van der Waals surface area contributed by atoms with Gasteiger partial charge in [-0.2, -0.15) is 0 Å². The number of ether oxygens (including phenoxy) is 1. The molecule has 15 heavy (non-hydrogen) atoms. The lowest BCUT2D eigenvalue weighted by Crippen LogP contribution is -2.18. The minimum Gasteiger partial charge on any atom is -0.381 e. The third-order valence-corrected chi connectivity index (χ3v) is 2.65. The molecule has 2 N–H and O–H groups in total. The lowest BCUT2D eigenvalue weighted by atomic mass is 9.99. The zero-order valence-corrected chi connectivity index (χ0v) is 8.66. The third-order valence-electron chi connectivity index (χ3n) is 2.65. The van der Waals surface area contributed by atoms with Gasteiger partial charge >= 0.3 is 0 Å². The number of nitrogens with two attached hydrogens (primary N) is 1. The number of halogens is 1. The second-order valence-corrected chi connectivity index (χ2v) is 3.75. The fraction of sp³-hybridized carbons (Fsp3) is 0.600. The predicted octanol–water partition coefficient (Wildman–Crippen LogP) is 1.40. The van der Waals surface area contributed by atoms with Crippen molar-refractivity contribution in [3.63, 3.8) is 0 Å². The molecular formula is C10H14FN3O. The number of aromatic nitrogens is 2. The zero-order valence-electron chi connectivity index (χ0n) is 8.66. The minimum absolute atomic E-state index is 0.0519. The molecule has 2 heterocycles. The summed E-state index contributed by atoms with van der Waals surface area (Å²) in [5.74, 6) is 0.338. The first-order valence-corrected chi connectivity index (χ1v) is 5.05. The molecule has 1 fully saturated rings. The summed E-state index contributed by atoms with van der Waals surface area (Å²) in [5.41, 5.74) is 5.79. The summed E-state index contributed by atoms with van der Waals surface area (Å²) in [6.45, 7) is 3.03. The van der Waals surface area contributed by atoms with Crippen LogP contribution in [0.5, 0.6) is 0 Å². The average molecular weight is 211 g/mol. The first kappa shape index (κ1) is 10.3. The Morgan fingerprint density at radius 2 is 2.00 bits per heavy atom. The van der Waals surface area contributed by atoms with Gasteiger partial charge in [0.2, 0.25) is 0 Å². The maximum Gasteiger partial charge on any atom is 0.186 e. The van der Waals surface area contributed by atoms with Crippen LogP contribution in [0.4, 0.5) is 10.2 Å². The van der Waals surface area contributed by atoms with Gasteiger partial charge in [0, 0.05) is 19.1 Å². The van der Waals surface area contributed by atoms with Gasteiger partial charge in [-0.15, -0.1) is 0 Å². The molecule has 0 atom stereocenters. The molecule has 0 spiro atoms. The number of nitrogen functional groups attached to an aromatic ring is 1. The normalized spacial score (nSPS) is 18.0. The van der Waals surface area contributed by atoms with Gasteiger partial charge in [-0.05, 0) is 19.8 Å². The van der Waals surface area contributed by atoms with Crippen molar-refractivity contribution in [3.8, 4) is 0 Å². The lowest BCUT2D eigenvalue weighted by Gasteiger charge is -2.21. The van der Waals surface area contributed by atoms with E-state index in [0.29, 0.717) is 24.7 Å². The number of anilines is 1. The SMILES string of the molecule is Cc1nc(C2CCOCC2)nc(N)c1F. The van der Waals surface area contributed by atoms with Crippen molar-refractivity contribution in [1.29, 1.82) is 0 Å². The maximum atomic E-state index is 13.2. The van der Waals surface area contributed by atoms with Gasteiger partial charge in [0.25, 0.3) is 0 Å². The van der Waals surface area contributed by atoms with E-state index in [1.807, 2.05) is 0 Å². The molecule has 0 aromatic carbocycles. The summed E-state index contributed by atoms with van der Waals surface area (Å²) in [6, 6.07) is 0. The summed E-state index contributed by atoms with van der Waals surface area (Å²) in [4.78, 5) is 8.13. The van der Waals surface area contributed by atoms with E-state index in [1.165, 1.54) is 0 Å². The van der Waals surface area contributed by atoms with Crippen molar-refractivity contribution >= 4 is 5.82 Å². The van der Waals surface area contributed by atoms with E-state index in [2.05, 4.69) is 9.97 Å². The summed E-state index contributed by atoms with van der Waals surface area (Å²) < 4.78 is 18.4. The van der Waals surface area contributed by atoms with Crippen LogP contribution in [0.1, 0.15) is 30.3 Å². The molecule has 1 aromatic heterocycles. The quantitative estimate of drug-likeness (QED) is 0.762. The fourth-order valence-electron chi connectivity index (χ4n) is 1.74. The van der Waals surface area contributed by atoms with Gasteiger partial charge in [0.15, 0.2) is 11.6 Å². The van der Waals surface area contributed by atoms with Crippen LogP contribution in [0.15, 0.2) is 0 Å². The topological polar surface area (TPSA) is 61.0 Å². The summed E-state index contributed by atoms with van der Waals surface area (Å²) >= 11 is 0. The van der Waals surface area contributed by atoms with Crippen LogP contribution in [0.2, 0.25) is 0 Å². The number of hydrogen-bond donors (Lipinski definition) is 1. The molecule has 4 nitrogen and oxygen atoms in total. The highest BCUT2D eigenvalue weighted by atomic mass is 19.1. The third kappa shape index (κ3) is 2.07. The highest BCUT2D eigenvalue weighted by molar-refractivity contribution is 5.32. The highest BCUT2D eigenvalue weighted by Crippen LogP contribution is 2.25. The monoisotopic (exact) mass is 211 g/mol. The Morgan fingerprint density at radius 1 is 1.33 bits per heavy atom. The Balaban J connectivity index is 2.27. The van der Waals surface area contributed by atoms with E-state index in [0.717, 1.165) is 12.8 Å². The number of hydrogen-bond acceptors (Lipinski definition) is 4. The first-order chi connectivity index (χ1) is 7.18. The maximum absolute atomic E-state index is 13.2. The molecule has 1 aliphatic heterocycles. The van der Waals surface area contributed by atoms with Crippen molar-refractivity contribution in [3.05, 3.63) is 17.3 Å². The largest absolute Gasteiger partial charge is 0.381 e. The van der Waals surface area contributed by atoms with E-state index in [4.69, 9.17) is 10.5 Å². The first-order valence-electron chi connectivity index (χ1n) is 5.05. The molecule has 0 amide bonds. The molecule has 0 unspecified atom stereocenters. The minimum atomic E-state index is -0.509. The Kier molecular flexibility index (Phi) is 2.81. The molecule has 82 valence electrons. The van der Waals surface area contributed by atoms with E-state index < -0.39 is 5.82 Å². The van der Waals surface area contributed by atoms with Crippen molar-refractivity contribution in [2.75, 3.05) is 18.9 Å². The second-order valence-electron chi connectivity index (χ2n) is 3.75. The number of rotatable bonds is 1. The highest BCUT2D eigenvalue weighted by Gasteiger charge is 2.20. The molecule has 2 rings (SSSR count). The molecule has 0 bridgehead atoms. The predicted molar refractivity (Wildman–Crippen MR) is 53.9 cm³/mol. The van der Waals surface area contributed by atoms with Crippen LogP contribution in [0, 0.1) is 12.7 Å². The molecule has 1 saturated heterocycles. The van der Waals surface area contributed by atoms with Crippen molar-refractivity contribution in [2.24, 2.45) is 0 Å². The Bertz CT molecular complexity index is 341. The molecule has 0 radical (unpaired) electrons. The molecule has 0 saturated carbocycles. The number of nitrogens with zero attached hydrogens (tertiary/aromatic N) is 2. The van der Waals surface area contributed by atoms with Crippen LogP contribution >= 0.6 is 0 Å². The zero-order chi connectivity index (χ0) is 10.8. The van der Waals surface area contributed by atoms with E-state index >= 15 is 0 Å². The van der Waals surface area contributed by atoms with Crippen molar-refractivity contribution in [2.45, 2.75) is 25.7 Å². The molecule has 0 aliphatic carbocycles. The lowest BCUT2D eigenvalue weighted by molar-refractivity contribution is 0.0835. The molecule has 1 aromatic rings. The molecule has 5 heteroatoms. The van der Waals surface area contributed by atoms with Crippen LogP contribution in [0.3, 0.4) is 0 Å². The van der Waals surface area contributed by atoms with Crippen LogP contribution < -0.4 is 5.73 Å². The summed E-state index contributed by atoms with van der Waals surface area (Å²) in [5, 5.41) is 0. The average Bonchev–Trinajstić information content (AvgIpc) is 2.26.